The number of nitrogens with zero attached hydrogens (tertiary/aromatic N) is 3. The van der Waals surface area contributed by atoms with Crippen molar-refractivity contribution in [2.75, 3.05) is 33.0 Å². The lowest BCUT2D eigenvalue weighted by atomic mass is 9.81. The van der Waals surface area contributed by atoms with Crippen LogP contribution in [0.1, 0.15) is 46.1 Å². The number of fused-ring (bicyclic) bond motifs is 1. The van der Waals surface area contributed by atoms with E-state index in [2.05, 4.69) is 25.8 Å². The first-order valence-electron chi connectivity index (χ1n) is 12.6. The number of amides is 4. The van der Waals surface area contributed by atoms with E-state index in [1.54, 1.807) is 43.3 Å². The second-order valence-electron chi connectivity index (χ2n) is 10.1. The summed E-state index contributed by atoms with van der Waals surface area (Å²) < 4.78 is 0. The summed E-state index contributed by atoms with van der Waals surface area (Å²) in [4.78, 5) is 60.4. The van der Waals surface area contributed by atoms with Crippen LogP contribution in [0, 0.1) is 5.92 Å². The first-order valence-corrected chi connectivity index (χ1v) is 13.8. The molecule has 10 nitrogen and oxygen atoms in total. The maximum absolute atomic E-state index is 13.2. The number of thiazole rings is 1. The van der Waals surface area contributed by atoms with Gasteiger partial charge in [0, 0.05) is 61.2 Å². The van der Waals surface area contributed by atoms with E-state index in [0.717, 1.165) is 30.1 Å². The molecular formula is C26H34Cl2N6O4S. The Bertz CT molecular complexity index is 1210. The predicted molar refractivity (Wildman–Crippen MR) is 153 cm³/mol. The van der Waals surface area contributed by atoms with Crippen LogP contribution in [0.5, 0.6) is 0 Å². The molecule has 1 fully saturated rings. The Hall–Kier alpha value is -2.73. The zero-order valence-electron chi connectivity index (χ0n) is 22.2. The van der Waals surface area contributed by atoms with E-state index in [-0.39, 0.29) is 36.6 Å². The molecule has 2 aliphatic rings. The average molecular weight is 598 g/mol. The van der Waals surface area contributed by atoms with E-state index >= 15 is 0 Å². The van der Waals surface area contributed by atoms with Crippen molar-refractivity contribution in [1.29, 1.82) is 0 Å². The van der Waals surface area contributed by atoms with Crippen molar-refractivity contribution >= 4 is 64.7 Å². The molecule has 0 spiro atoms. The predicted octanol–water partition coefficient (Wildman–Crippen LogP) is 2.71. The molecule has 1 aromatic heterocycles. The maximum Gasteiger partial charge on any atom is 0.280 e. The molecule has 3 atom stereocenters. The molecule has 4 rings (SSSR count). The highest BCUT2D eigenvalue weighted by Gasteiger charge is 2.37. The Morgan fingerprint density at radius 1 is 1.08 bits per heavy atom. The summed E-state index contributed by atoms with van der Waals surface area (Å²) in [6, 6.07) is 5.71. The molecule has 0 bridgehead atoms. The molecule has 0 radical (unpaired) electrons. The number of carbonyl (C=O) groups is 4. The Morgan fingerprint density at radius 2 is 1.79 bits per heavy atom. The highest BCUT2D eigenvalue weighted by Crippen LogP contribution is 2.28. The van der Waals surface area contributed by atoms with Crippen molar-refractivity contribution in [3.8, 4) is 0 Å². The summed E-state index contributed by atoms with van der Waals surface area (Å²) in [5.74, 6) is -1.50. The van der Waals surface area contributed by atoms with Gasteiger partial charge in [-0.2, -0.15) is 0 Å². The summed E-state index contributed by atoms with van der Waals surface area (Å²) in [6.45, 7) is 1.66. The van der Waals surface area contributed by atoms with Gasteiger partial charge in [-0.05, 0) is 50.6 Å². The SMILES string of the molecule is CN1CCc2nc(C(=O)N[C@@H]3C[C@@H](C(=O)N(C)C)CC[C@@H]3NC(=O)CC(=O)Nc3ccc(Cl)cc3)sc2C1.Cl. The lowest BCUT2D eigenvalue weighted by molar-refractivity contribution is -0.134. The van der Waals surface area contributed by atoms with Crippen LogP contribution in [0.3, 0.4) is 0 Å². The van der Waals surface area contributed by atoms with Crippen LogP contribution in [0.15, 0.2) is 24.3 Å². The van der Waals surface area contributed by atoms with Gasteiger partial charge in [-0.15, -0.1) is 23.7 Å². The number of benzene rings is 1. The van der Waals surface area contributed by atoms with Crippen LogP contribution in [0.2, 0.25) is 5.02 Å². The molecule has 1 aliphatic carbocycles. The normalized spacial score (nSPS) is 20.7. The second-order valence-corrected chi connectivity index (χ2v) is 11.6. The summed E-state index contributed by atoms with van der Waals surface area (Å²) in [6.07, 6.45) is 1.89. The average Bonchev–Trinajstić information content (AvgIpc) is 3.29. The summed E-state index contributed by atoms with van der Waals surface area (Å²) >= 11 is 7.26. The van der Waals surface area contributed by atoms with Crippen LogP contribution in [-0.2, 0) is 27.3 Å². The number of halogens is 2. The van der Waals surface area contributed by atoms with E-state index in [1.807, 2.05) is 7.05 Å². The first-order chi connectivity index (χ1) is 18.1. The van der Waals surface area contributed by atoms with Crippen molar-refractivity contribution in [1.82, 2.24) is 25.4 Å². The molecule has 1 aliphatic heterocycles. The van der Waals surface area contributed by atoms with Crippen LogP contribution in [-0.4, -0.2) is 78.2 Å². The topological polar surface area (TPSA) is 124 Å². The van der Waals surface area contributed by atoms with Gasteiger partial charge in [0.25, 0.3) is 5.91 Å². The van der Waals surface area contributed by atoms with Gasteiger partial charge in [0.1, 0.15) is 6.42 Å². The van der Waals surface area contributed by atoms with Gasteiger partial charge in [-0.25, -0.2) is 4.98 Å². The van der Waals surface area contributed by atoms with Crippen LogP contribution >= 0.6 is 35.3 Å². The molecule has 3 N–H and O–H groups in total. The Morgan fingerprint density at radius 3 is 2.49 bits per heavy atom. The monoisotopic (exact) mass is 596 g/mol. The summed E-state index contributed by atoms with van der Waals surface area (Å²) in [5, 5.41) is 9.55. The van der Waals surface area contributed by atoms with Crippen molar-refractivity contribution in [2.45, 2.75) is 50.7 Å². The lowest BCUT2D eigenvalue weighted by Gasteiger charge is -2.37. The minimum absolute atomic E-state index is 0. The fourth-order valence-electron chi connectivity index (χ4n) is 4.88. The molecule has 2 aromatic rings. The van der Waals surface area contributed by atoms with Crippen molar-refractivity contribution in [2.24, 2.45) is 5.92 Å². The minimum Gasteiger partial charge on any atom is -0.351 e. The number of hydrogen-bond acceptors (Lipinski definition) is 7. The highest BCUT2D eigenvalue weighted by molar-refractivity contribution is 7.13. The second kappa shape index (κ2) is 13.6. The molecule has 4 amide bonds. The third kappa shape index (κ3) is 8.14. The standard InChI is InChI=1S/C26H33ClN6O4S.ClH/c1-32(2)26(37)15-4-9-18(29-23(35)13-22(34)28-17-7-5-16(27)6-8-17)20(12-15)30-24(36)25-31-19-10-11-33(3)14-21(19)38-25;/h5-8,15,18,20H,4,9-14H2,1-3H3,(H,28,34)(H,29,35)(H,30,36);1H/t15-,18-,20+;/m0./s1. The van der Waals surface area contributed by atoms with Crippen molar-refractivity contribution in [3.05, 3.63) is 44.9 Å². The molecule has 0 unspecified atom stereocenters. The quantitative estimate of drug-likeness (QED) is 0.422. The molecule has 13 heteroatoms. The Balaban J connectivity index is 0.00000420. The van der Waals surface area contributed by atoms with Crippen molar-refractivity contribution in [3.63, 3.8) is 0 Å². The number of likely N-dealkylation sites (N-methyl/N-ethyl adjacent to an activating group) is 1. The highest BCUT2D eigenvalue weighted by atomic mass is 35.5. The van der Waals surface area contributed by atoms with Gasteiger partial charge >= 0.3 is 0 Å². The van der Waals surface area contributed by atoms with E-state index in [1.165, 1.54) is 11.3 Å². The third-order valence-electron chi connectivity index (χ3n) is 6.87. The van der Waals surface area contributed by atoms with E-state index in [9.17, 15) is 19.2 Å². The molecule has 0 saturated heterocycles. The molecule has 212 valence electrons. The molecule has 39 heavy (non-hydrogen) atoms. The summed E-state index contributed by atoms with van der Waals surface area (Å²) in [5.41, 5.74) is 1.50. The Labute approximate surface area is 243 Å². The molecule has 1 saturated carbocycles. The van der Waals surface area contributed by atoms with Gasteiger partial charge in [-0.1, -0.05) is 11.6 Å². The number of anilines is 1. The number of aromatic nitrogens is 1. The number of rotatable bonds is 7. The van der Waals surface area contributed by atoms with Gasteiger partial charge in [0.05, 0.1) is 11.7 Å². The van der Waals surface area contributed by atoms with E-state index in [4.69, 9.17) is 11.6 Å². The lowest BCUT2D eigenvalue weighted by Crippen LogP contribution is -2.56. The van der Waals surface area contributed by atoms with E-state index < -0.39 is 23.9 Å². The minimum atomic E-state index is -0.475. The molecule has 1 aromatic carbocycles. The number of nitrogens with one attached hydrogen (secondary N) is 3. The summed E-state index contributed by atoms with van der Waals surface area (Å²) in [7, 11) is 5.45. The van der Waals surface area contributed by atoms with Crippen LogP contribution in [0.25, 0.3) is 0 Å². The first kappa shape index (κ1) is 30.8. The maximum atomic E-state index is 13.2. The van der Waals surface area contributed by atoms with E-state index in [0.29, 0.717) is 35.0 Å². The van der Waals surface area contributed by atoms with Gasteiger partial charge in [0.15, 0.2) is 5.01 Å². The van der Waals surface area contributed by atoms with Crippen LogP contribution < -0.4 is 16.0 Å². The largest absolute Gasteiger partial charge is 0.351 e. The zero-order valence-corrected chi connectivity index (χ0v) is 24.5. The number of hydrogen-bond donors (Lipinski definition) is 3. The van der Waals surface area contributed by atoms with Gasteiger partial charge in [-0.3, -0.25) is 19.2 Å². The zero-order chi connectivity index (χ0) is 27.4. The Kier molecular flexibility index (Phi) is 10.7. The molecular weight excluding hydrogens is 563 g/mol. The fraction of sp³-hybridized carbons (Fsp3) is 0.500. The fourth-order valence-corrected chi connectivity index (χ4v) is 6.10. The van der Waals surface area contributed by atoms with Crippen molar-refractivity contribution < 1.29 is 19.2 Å². The van der Waals surface area contributed by atoms with Gasteiger partial charge in [0.2, 0.25) is 17.7 Å². The third-order valence-corrected chi connectivity index (χ3v) is 8.20. The van der Waals surface area contributed by atoms with Crippen LogP contribution in [0.4, 0.5) is 5.69 Å². The molecule has 2 heterocycles. The smallest absolute Gasteiger partial charge is 0.280 e. The number of carbonyl (C=O) groups excluding carboxylic acids is 4. The van der Waals surface area contributed by atoms with Gasteiger partial charge < -0.3 is 25.8 Å².